The maximum absolute atomic E-state index is 10.7. The average Bonchev–Trinajstić information content (AvgIpc) is 2.81. The van der Waals surface area contributed by atoms with Crippen LogP contribution < -0.4 is 4.74 Å². The zero-order valence-corrected chi connectivity index (χ0v) is 21.0. The highest BCUT2D eigenvalue weighted by Gasteiger charge is 2.33. The van der Waals surface area contributed by atoms with Gasteiger partial charge in [-0.3, -0.25) is 0 Å². The number of rotatable bonds is 18. The van der Waals surface area contributed by atoms with Crippen LogP contribution in [0.15, 0.2) is 36.9 Å². The van der Waals surface area contributed by atoms with E-state index in [1.807, 2.05) is 24.3 Å². The van der Waals surface area contributed by atoms with Gasteiger partial charge >= 0.3 is 0 Å². The third-order valence-corrected chi connectivity index (χ3v) is 10.6. The standard InChI is InChI=1S/C24H42O6Si/c1-7-24(29-19-26-5)23(25)17-22(30-31(8-2,9-3)10-4)15-16-28-18-20-11-13-21(27-6)14-12-20/h7,11-14,22-25H,1,8-10,15-19H2,2-6H3/t22-,23-,24-/m0/s1. The summed E-state index contributed by atoms with van der Waals surface area (Å²) in [5.74, 6) is 0.832. The summed E-state index contributed by atoms with van der Waals surface area (Å²) in [6.45, 7) is 11.6. The lowest BCUT2D eigenvalue weighted by Crippen LogP contribution is -2.42. The summed E-state index contributed by atoms with van der Waals surface area (Å²) in [5, 5.41) is 10.7. The van der Waals surface area contributed by atoms with Gasteiger partial charge in [-0.15, -0.1) is 6.58 Å². The number of benzene rings is 1. The summed E-state index contributed by atoms with van der Waals surface area (Å²) in [5.41, 5.74) is 1.09. The van der Waals surface area contributed by atoms with Crippen molar-refractivity contribution in [3.8, 4) is 5.75 Å². The number of ether oxygens (including phenoxy) is 4. The molecule has 1 rings (SSSR count). The second-order valence-electron chi connectivity index (χ2n) is 7.75. The van der Waals surface area contributed by atoms with Crippen LogP contribution in [0.4, 0.5) is 0 Å². The molecule has 0 bridgehead atoms. The van der Waals surface area contributed by atoms with Crippen LogP contribution in [0, 0.1) is 0 Å². The summed E-state index contributed by atoms with van der Waals surface area (Å²) in [4.78, 5) is 0. The Morgan fingerprint density at radius 3 is 2.23 bits per heavy atom. The van der Waals surface area contributed by atoms with Gasteiger partial charge in [0.2, 0.25) is 0 Å². The van der Waals surface area contributed by atoms with Crippen LogP contribution in [0.2, 0.25) is 18.1 Å². The minimum atomic E-state index is -1.82. The smallest absolute Gasteiger partial charge is 0.192 e. The van der Waals surface area contributed by atoms with E-state index in [-0.39, 0.29) is 12.9 Å². The van der Waals surface area contributed by atoms with Crippen molar-refractivity contribution in [2.75, 3.05) is 27.6 Å². The molecule has 0 radical (unpaired) electrons. The molecule has 0 fully saturated rings. The second-order valence-corrected chi connectivity index (χ2v) is 12.5. The van der Waals surface area contributed by atoms with E-state index in [0.717, 1.165) is 35.9 Å². The summed E-state index contributed by atoms with van der Waals surface area (Å²) in [6, 6.07) is 11.0. The minimum Gasteiger partial charge on any atom is -0.497 e. The first-order valence-electron chi connectivity index (χ1n) is 11.3. The number of hydrogen-bond acceptors (Lipinski definition) is 6. The van der Waals surface area contributed by atoms with Gasteiger partial charge in [-0.2, -0.15) is 0 Å². The van der Waals surface area contributed by atoms with Crippen molar-refractivity contribution in [2.45, 2.75) is 76.7 Å². The monoisotopic (exact) mass is 454 g/mol. The Kier molecular flexibility index (Phi) is 14.0. The van der Waals surface area contributed by atoms with Gasteiger partial charge in [0.05, 0.1) is 19.8 Å². The van der Waals surface area contributed by atoms with E-state index in [0.29, 0.717) is 19.6 Å². The first kappa shape index (κ1) is 27.8. The minimum absolute atomic E-state index is 0.0917. The molecule has 0 aliphatic carbocycles. The fourth-order valence-corrected chi connectivity index (χ4v) is 6.51. The molecule has 1 aromatic carbocycles. The van der Waals surface area contributed by atoms with Crippen LogP contribution in [0.1, 0.15) is 39.2 Å². The lowest BCUT2D eigenvalue weighted by atomic mass is 10.0. The first-order valence-corrected chi connectivity index (χ1v) is 13.8. The number of methoxy groups -OCH3 is 2. The molecule has 31 heavy (non-hydrogen) atoms. The Labute approximate surface area is 189 Å². The molecule has 6 nitrogen and oxygen atoms in total. The van der Waals surface area contributed by atoms with Gasteiger partial charge in [0, 0.05) is 26.2 Å². The molecule has 0 aliphatic rings. The highest BCUT2D eigenvalue weighted by Crippen LogP contribution is 2.27. The van der Waals surface area contributed by atoms with Crippen LogP contribution in [0.25, 0.3) is 0 Å². The first-order chi connectivity index (χ1) is 15.0. The molecule has 0 unspecified atom stereocenters. The zero-order valence-electron chi connectivity index (χ0n) is 20.0. The van der Waals surface area contributed by atoms with Crippen molar-refractivity contribution in [3.63, 3.8) is 0 Å². The zero-order chi connectivity index (χ0) is 23.1. The molecule has 0 heterocycles. The van der Waals surface area contributed by atoms with Gasteiger partial charge in [0.25, 0.3) is 0 Å². The molecule has 1 aromatic rings. The molecule has 3 atom stereocenters. The van der Waals surface area contributed by atoms with Gasteiger partial charge in [-0.05, 0) is 42.2 Å². The van der Waals surface area contributed by atoms with E-state index in [1.165, 1.54) is 0 Å². The van der Waals surface area contributed by atoms with Crippen LogP contribution in [0.3, 0.4) is 0 Å². The fraction of sp³-hybridized carbons (Fsp3) is 0.667. The lowest BCUT2D eigenvalue weighted by Gasteiger charge is -2.35. The van der Waals surface area contributed by atoms with Crippen molar-refractivity contribution in [2.24, 2.45) is 0 Å². The number of aliphatic hydroxyl groups excluding tert-OH is 1. The molecule has 0 amide bonds. The van der Waals surface area contributed by atoms with Crippen molar-refractivity contribution in [1.82, 2.24) is 0 Å². The molecule has 178 valence electrons. The van der Waals surface area contributed by atoms with Crippen molar-refractivity contribution in [3.05, 3.63) is 42.5 Å². The Morgan fingerprint density at radius 1 is 1.06 bits per heavy atom. The number of hydrogen-bond donors (Lipinski definition) is 1. The lowest BCUT2D eigenvalue weighted by molar-refractivity contribution is -0.101. The summed E-state index contributed by atoms with van der Waals surface area (Å²) in [7, 11) is 1.39. The Hall–Kier alpha value is -1.22. The van der Waals surface area contributed by atoms with Gasteiger partial charge in [-0.25, -0.2) is 0 Å². The Bertz CT molecular complexity index is 582. The quantitative estimate of drug-likeness (QED) is 0.147. The highest BCUT2D eigenvalue weighted by atomic mass is 28.4. The van der Waals surface area contributed by atoms with E-state index in [2.05, 4.69) is 27.4 Å². The van der Waals surface area contributed by atoms with E-state index in [1.54, 1.807) is 20.3 Å². The van der Waals surface area contributed by atoms with Crippen LogP contribution in [0.5, 0.6) is 5.75 Å². The van der Waals surface area contributed by atoms with Crippen molar-refractivity contribution < 1.29 is 28.5 Å². The normalized spacial score (nSPS) is 14.8. The Balaban J connectivity index is 2.70. The SMILES string of the molecule is C=C[C@H](OCOC)[C@@H](O)C[C@H](CCOCc1ccc(OC)cc1)O[Si](CC)(CC)CC. The second kappa shape index (κ2) is 15.6. The topological polar surface area (TPSA) is 66.4 Å². The Morgan fingerprint density at radius 2 is 1.71 bits per heavy atom. The van der Waals surface area contributed by atoms with Gasteiger partial charge in [0.15, 0.2) is 8.32 Å². The average molecular weight is 455 g/mol. The van der Waals surface area contributed by atoms with Crippen LogP contribution in [-0.2, 0) is 25.2 Å². The summed E-state index contributed by atoms with van der Waals surface area (Å²) in [6.07, 6.45) is 1.51. The molecule has 1 N–H and O–H groups in total. The third-order valence-electron chi connectivity index (χ3n) is 5.86. The van der Waals surface area contributed by atoms with Crippen LogP contribution >= 0.6 is 0 Å². The number of aliphatic hydroxyl groups is 1. The fourth-order valence-electron chi connectivity index (χ4n) is 3.59. The van der Waals surface area contributed by atoms with E-state index < -0.39 is 20.5 Å². The van der Waals surface area contributed by atoms with E-state index in [9.17, 15) is 5.11 Å². The molecule has 0 aromatic heterocycles. The molecule has 7 heteroatoms. The van der Waals surface area contributed by atoms with Gasteiger partial charge in [-0.1, -0.05) is 39.0 Å². The van der Waals surface area contributed by atoms with Crippen molar-refractivity contribution in [1.29, 1.82) is 0 Å². The van der Waals surface area contributed by atoms with E-state index >= 15 is 0 Å². The molecular formula is C24H42O6Si. The van der Waals surface area contributed by atoms with Gasteiger partial charge < -0.3 is 28.5 Å². The highest BCUT2D eigenvalue weighted by molar-refractivity contribution is 6.73. The summed E-state index contributed by atoms with van der Waals surface area (Å²) >= 11 is 0. The molecule has 0 saturated carbocycles. The van der Waals surface area contributed by atoms with Gasteiger partial charge in [0.1, 0.15) is 18.6 Å². The largest absolute Gasteiger partial charge is 0.497 e. The predicted molar refractivity (Wildman–Crippen MR) is 127 cm³/mol. The third kappa shape index (κ3) is 9.85. The van der Waals surface area contributed by atoms with Crippen molar-refractivity contribution >= 4 is 8.32 Å². The predicted octanol–water partition coefficient (Wildman–Crippen LogP) is 4.92. The maximum atomic E-state index is 10.7. The summed E-state index contributed by atoms with van der Waals surface area (Å²) < 4.78 is 28.3. The molecular weight excluding hydrogens is 412 g/mol. The molecule has 0 aliphatic heterocycles. The van der Waals surface area contributed by atoms with Crippen LogP contribution in [-0.4, -0.2) is 59.4 Å². The maximum Gasteiger partial charge on any atom is 0.192 e. The van der Waals surface area contributed by atoms with E-state index in [4.69, 9.17) is 23.4 Å². The molecule has 0 spiro atoms. The molecule has 0 saturated heterocycles.